The number of halogens is 3. The molecule has 1 saturated heterocycles. The third kappa shape index (κ3) is 3.38. The Kier molecular flexibility index (Phi) is 4.83. The molecule has 0 amide bonds. The summed E-state index contributed by atoms with van der Waals surface area (Å²) < 4.78 is 66.1. The first-order chi connectivity index (χ1) is 13.6. The van der Waals surface area contributed by atoms with Gasteiger partial charge in [-0.2, -0.15) is 13.2 Å². The van der Waals surface area contributed by atoms with Crippen molar-refractivity contribution in [2.75, 3.05) is 18.0 Å². The van der Waals surface area contributed by atoms with Crippen LogP contribution < -0.4 is 10.2 Å². The van der Waals surface area contributed by atoms with Crippen LogP contribution in [0, 0.1) is 6.92 Å². The summed E-state index contributed by atoms with van der Waals surface area (Å²) in [4.78, 5) is 4.62. The van der Waals surface area contributed by atoms with Crippen molar-refractivity contribution in [3.63, 3.8) is 0 Å². The molecule has 6 nitrogen and oxygen atoms in total. The molecule has 2 aliphatic heterocycles. The Bertz CT molecular complexity index is 1060. The van der Waals surface area contributed by atoms with E-state index < -0.39 is 38.7 Å². The summed E-state index contributed by atoms with van der Waals surface area (Å²) in [5.74, 6) is 0. The van der Waals surface area contributed by atoms with Gasteiger partial charge in [0.05, 0.1) is 39.5 Å². The minimum atomic E-state index is -4.77. The summed E-state index contributed by atoms with van der Waals surface area (Å²) in [6, 6.07) is 4.91. The summed E-state index contributed by atoms with van der Waals surface area (Å²) in [6.45, 7) is 2.71. The summed E-state index contributed by atoms with van der Waals surface area (Å²) in [7, 11) is -4.18. The fourth-order valence-electron chi connectivity index (χ4n) is 3.94. The Hall–Kier alpha value is -2.17. The van der Waals surface area contributed by atoms with Crippen molar-refractivity contribution in [2.45, 2.75) is 47.9 Å². The van der Waals surface area contributed by atoms with E-state index in [4.69, 9.17) is 0 Å². The summed E-state index contributed by atoms with van der Waals surface area (Å²) in [6.07, 6.45) is -3.38. The van der Waals surface area contributed by atoms with E-state index in [1.165, 1.54) is 6.07 Å². The molecule has 29 heavy (non-hydrogen) atoms. The zero-order valence-corrected chi connectivity index (χ0v) is 16.4. The predicted molar refractivity (Wildman–Crippen MR) is 99.9 cm³/mol. The maximum absolute atomic E-state index is 13.2. The molecule has 156 valence electrons. The first-order valence-corrected chi connectivity index (χ1v) is 10.7. The van der Waals surface area contributed by atoms with Gasteiger partial charge in [0.15, 0.2) is 0 Å². The van der Waals surface area contributed by atoms with Crippen LogP contribution in [0.1, 0.15) is 24.1 Å². The van der Waals surface area contributed by atoms with E-state index in [9.17, 15) is 26.7 Å². The number of pyridine rings is 1. The molecule has 0 unspecified atom stereocenters. The molecular formula is C19H20F3N3O3S. The van der Waals surface area contributed by atoms with Crippen molar-refractivity contribution in [3.8, 4) is 0 Å². The molecule has 2 N–H and O–H groups in total. The van der Waals surface area contributed by atoms with E-state index >= 15 is 0 Å². The van der Waals surface area contributed by atoms with E-state index in [0.717, 1.165) is 12.6 Å². The predicted octanol–water partition coefficient (Wildman–Crippen LogP) is 2.81. The van der Waals surface area contributed by atoms with Crippen LogP contribution >= 0.6 is 0 Å². The van der Waals surface area contributed by atoms with Gasteiger partial charge < -0.3 is 15.3 Å². The summed E-state index contributed by atoms with van der Waals surface area (Å²) in [5.41, 5.74) is -0.196. The molecule has 2 aromatic rings. The lowest BCUT2D eigenvalue weighted by Gasteiger charge is -2.40. The molecule has 1 fully saturated rings. The van der Waals surface area contributed by atoms with Gasteiger partial charge in [-0.15, -0.1) is 0 Å². The first-order valence-electron chi connectivity index (χ1n) is 9.21. The smallest absolute Gasteiger partial charge is 0.390 e. The molecule has 0 aliphatic carbocycles. The fourth-order valence-corrected chi connectivity index (χ4v) is 5.65. The molecule has 0 saturated carbocycles. The summed E-state index contributed by atoms with van der Waals surface area (Å²) in [5, 5.41) is 13.8. The normalized spacial score (nSPS) is 23.8. The van der Waals surface area contributed by atoms with Gasteiger partial charge in [-0.05, 0) is 50.1 Å². The zero-order chi connectivity index (χ0) is 21.0. The highest BCUT2D eigenvalue weighted by atomic mass is 32.2. The van der Waals surface area contributed by atoms with Gasteiger partial charge in [-0.1, -0.05) is 6.07 Å². The number of aryl methyl sites for hydroxylation is 1. The Morgan fingerprint density at radius 3 is 2.66 bits per heavy atom. The lowest BCUT2D eigenvalue weighted by Crippen LogP contribution is -2.45. The topological polar surface area (TPSA) is 82.5 Å². The Labute approximate surface area is 166 Å². The molecule has 1 aromatic carbocycles. The zero-order valence-electron chi connectivity index (χ0n) is 15.6. The largest absolute Gasteiger partial charge is 0.433 e. The van der Waals surface area contributed by atoms with Gasteiger partial charge in [-0.3, -0.25) is 0 Å². The highest BCUT2D eigenvalue weighted by molar-refractivity contribution is 7.92. The monoisotopic (exact) mass is 427 g/mol. The number of nitrogens with one attached hydrogen (secondary N) is 1. The quantitative estimate of drug-likeness (QED) is 0.729. The number of alkyl halides is 3. The summed E-state index contributed by atoms with van der Waals surface area (Å²) >= 11 is 0. The van der Waals surface area contributed by atoms with E-state index in [1.807, 2.05) is 0 Å². The maximum Gasteiger partial charge on any atom is 0.433 e. The molecule has 2 aliphatic rings. The van der Waals surface area contributed by atoms with Gasteiger partial charge in [0.25, 0.3) is 0 Å². The average molecular weight is 427 g/mol. The van der Waals surface area contributed by atoms with E-state index in [2.05, 4.69) is 10.3 Å². The minimum Gasteiger partial charge on any atom is -0.390 e. The van der Waals surface area contributed by atoms with Crippen molar-refractivity contribution in [1.29, 1.82) is 0 Å². The van der Waals surface area contributed by atoms with E-state index in [0.29, 0.717) is 36.8 Å². The van der Waals surface area contributed by atoms with Crippen LogP contribution in [0.5, 0.6) is 0 Å². The Balaban J connectivity index is 1.98. The van der Waals surface area contributed by atoms with Gasteiger partial charge in [0.1, 0.15) is 5.69 Å². The number of β-amino-alcohol motifs (C(OH)–C–C–N with tert-alkyl or cyclic N) is 1. The van der Waals surface area contributed by atoms with Crippen LogP contribution in [-0.4, -0.2) is 43.7 Å². The van der Waals surface area contributed by atoms with E-state index in [-0.39, 0.29) is 10.6 Å². The van der Waals surface area contributed by atoms with Gasteiger partial charge in [0, 0.05) is 6.54 Å². The van der Waals surface area contributed by atoms with Gasteiger partial charge >= 0.3 is 6.18 Å². The number of hydrogen-bond donors (Lipinski definition) is 2. The average Bonchev–Trinajstić information content (AvgIpc) is 2.86. The van der Waals surface area contributed by atoms with Crippen molar-refractivity contribution in [3.05, 3.63) is 41.7 Å². The molecule has 0 radical (unpaired) electrons. The van der Waals surface area contributed by atoms with Crippen molar-refractivity contribution in [2.24, 2.45) is 0 Å². The molecule has 0 spiro atoms. The lowest BCUT2D eigenvalue weighted by molar-refractivity contribution is -0.141. The van der Waals surface area contributed by atoms with Gasteiger partial charge in [-0.25, -0.2) is 13.4 Å². The highest BCUT2D eigenvalue weighted by Crippen LogP contribution is 2.47. The molecule has 4 rings (SSSR count). The van der Waals surface area contributed by atoms with Crippen LogP contribution in [0.3, 0.4) is 0 Å². The van der Waals surface area contributed by atoms with Crippen molar-refractivity contribution in [1.82, 2.24) is 10.3 Å². The third-order valence-electron chi connectivity index (χ3n) is 5.33. The first kappa shape index (κ1) is 20.1. The number of rotatable bonds is 1. The standard InChI is InChI=1S/C19H20F3N3O3S/c1-11-4-5-13-16(7-11)29(27,28)17-8-18(19(20,21)22)24-9-14(17)25(13)12-3-2-6-23-10-15(12)26/h4-5,7-9,12,15,23,26H,2-3,6,10H2,1H3/t12-,15-/m0/s1. The number of fused-ring (bicyclic) bond motifs is 2. The number of hydrogen-bond acceptors (Lipinski definition) is 6. The SMILES string of the molecule is Cc1ccc2c(c1)S(=O)(=O)c1cc(C(F)(F)F)ncc1N2[C@H]1CCCNC[C@@H]1O. The number of aliphatic hydroxyl groups excluding tert-OH is 1. The van der Waals surface area contributed by atoms with E-state index in [1.54, 1.807) is 24.0 Å². The number of aliphatic hydroxyl groups is 1. The Morgan fingerprint density at radius 2 is 1.93 bits per heavy atom. The minimum absolute atomic E-state index is 0.0558. The number of aromatic nitrogens is 1. The number of anilines is 2. The van der Waals surface area contributed by atoms with Crippen molar-refractivity contribution >= 4 is 21.2 Å². The number of benzene rings is 1. The molecule has 2 atom stereocenters. The van der Waals surface area contributed by atoms with Crippen molar-refractivity contribution < 1.29 is 26.7 Å². The van der Waals surface area contributed by atoms with Crippen LogP contribution in [0.25, 0.3) is 0 Å². The molecule has 1 aromatic heterocycles. The van der Waals surface area contributed by atoms with Crippen LogP contribution in [0.4, 0.5) is 24.5 Å². The maximum atomic E-state index is 13.2. The van der Waals surface area contributed by atoms with Gasteiger partial charge in [0.2, 0.25) is 9.84 Å². The van der Waals surface area contributed by atoms with Crippen LogP contribution in [0.2, 0.25) is 0 Å². The second-order valence-corrected chi connectivity index (χ2v) is 9.25. The molecule has 0 bridgehead atoms. The number of nitrogens with zero attached hydrogens (tertiary/aromatic N) is 2. The third-order valence-corrected chi connectivity index (χ3v) is 7.14. The second kappa shape index (κ2) is 6.96. The number of sulfone groups is 1. The lowest BCUT2D eigenvalue weighted by atomic mass is 10.0. The molecular weight excluding hydrogens is 407 g/mol. The molecule has 10 heteroatoms. The molecule has 3 heterocycles. The second-order valence-electron chi connectivity index (χ2n) is 7.36. The Morgan fingerprint density at radius 1 is 1.21 bits per heavy atom. The fraction of sp³-hybridized carbons (Fsp3) is 0.421. The van der Waals surface area contributed by atoms with Crippen LogP contribution in [0.15, 0.2) is 40.3 Å². The van der Waals surface area contributed by atoms with Crippen LogP contribution in [-0.2, 0) is 16.0 Å². The highest BCUT2D eigenvalue weighted by Gasteiger charge is 2.42.